The lowest BCUT2D eigenvalue weighted by molar-refractivity contribution is 0.0735. The van der Waals surface area contributed by atoms with Crippen molar-refractivity contribution in [3.63, 3.8) is 0 Å². The molecule has 2 heterocycles. The van der Waals surface area contributed by atoms with Crippen molar-refractivity contribution in [2.45, 2.75) is 25.4 Å². The lowest BCUT2D eigenvalue weighted by atomic mass is 10.0. The van der Waals surface area contributed by atoms with Crippen LogP contribution in [0.15, 0.2) is 36.7 Å². The zero-order valence-electron chi connectivity index (χ0n) is 13.1. The molecule has 0 radical (unpaired) electrons. The van der Waals surface area contributed by atoms with Gasteiger partial charge in [0, 0.05) is 19.3 Å². The van der Waals surface area contributed by atoms with Gasteiger partial charge in [0.2, 0.25) is 0 Å². The average Bonchev–Trinajstić information content (AvgIpc) is 3.18. The van der Waals surface area contributed by atoms with Gasteiger partial charge < -0.3 is 9.80 Å². The molecule has 5 heteroatoms. The van der Waals surface area contributed by atoms with Gasteiger partial charge in [-0.3, -0.25) is 9.89 Å². The second-order valence-corrected chi connectivity index (χ2v) is 6.12. The number of aromatic nitrogens is 2. The Bertz CT molecular complexity index is 619. The Hall–Kier alpha value is -2.14. The summed E-state index contributed by atoms with van der Waals surface area (Å²) in [6.07, 6.45) is 5.33. The number of likely N-dealkylation sites (tertiary alicyclic amines) is 1. The van der Waals surface area contributed by atoms with Crippen molar-refractivity contribution in [3.8, 4) is 0 Å². The molecule has 5 nitrogen and oxygen atoms in total. The van der Waals surface area contributed by atoms with Crippen LogP contribution >= 0.6 is 0 Å². The minimum absolute atomic E-state index is 0.0635. The van der Waals surface area contributed by atoms with Crippen molar-refractivity contribution in [2.24, 2.45) is 0 Å². The van der Waals surface area contributed by atoms with Gasteiger partial charge in [-0.15, -0.1) is 0 Å². The fourth-order valence-corrected chi connectivity index (χ4v) is 3.10. The van der Waals surface area contributed by atoms with Crippen LogP contribution < -0.4 is 0 Å². The molecule has 1 aliphatic heterocycles. The van der Waals surface area contributed by atoms with Crippen LogP contribution in [-0.2, 0) is 6.54 Å². The fraction of sp³-hybridized carbons (Fsp3) is 0.412. The number of nitrogens with one attached hydrogen (secondary N) is 1. The van der Waals surface area contributed by atoms with Gasteiger partial charge in [0.05, 0.1) is 17.8 Å². The molecule has 1 saturated heterocycles. The Labute approximate surface area is 130 Å². The third-order valence-electron chi connectivity index (χ3n) is 4.12. The number of benzene rings is 1. The summed E-state index contributed by atoms with van der Waals surface area (Å²) in [6.45, 7) is 1.75. The third kappa shape index (κ3) is 3.04. The van der Waals surface area contributed by atoms with Crippen molar-refractivity contribution in [3.05, 3.63) is 53.3 Å². The molecule has 22 heavy (non-hydrogen) atoms. The Morgan fingerprint density at radius 1 is 1.36 bits per heavy atom. The van der Waals surface area contributed by atoms with Crippen molar-refractivity contribution < 1.29 is 4.79 Å². The lowest BCUT2D eigenvalue weighted by Gasteiger charge is -2.25. The molecule has 1 aromatic heterocycles. The summed E-state index contributed by atoms with van der Waals surface area (Å²) in [5.41, 5.74) is 3.15. The van der Waals surface area contributed by atoms with Gasteiger partial charge >= 0.3 is 0 Å². The van der Waals surface area contributed by atoms with Gasteiger partial charge in [0.1, 0.15) is 0 Å². The van der Waals surface area contributed by atoms with Crippen LogP contribution in [0.4, 0.5) is 0 Å². The Kier molecular flexibility index (Phi) is 4.24. The zero-order chi connectivity index (χ0) is 15.5. The second kappa shape index (κ2) is 6.32. The molecule has 1 N–H and O–H groups in total. The molecule has 0 saturated carbocycles. The van der Waals surface area contributed by atoms with E-state index in [0.29, 0.717) is 5.56 Å². The highest BCUT2D eigenvalue weighted by Gasteiger charge is 2.30. The highest BCUT2D eigenvalue weighted by atomic mass is 16.2. The van der Waals surface area contributed by atoms with E-state index in [2.05, 4.69) is 53.5 Å². The number of nitrogens with zero attached hydrogens (tertiary/aromatic N) is 3. The number of amides is 1. The summed E-state index contributed by atoms with van der Waals surface area (Å²) in [4.78, 5) is 16.7. The SMILES string of the molecule is CN(C)Cc1ccc(C2CCCN2C(=O)c2cn[nH]c2)cc1. The number of carbonyl (C=O) groups excluding carboxylic acids is 1. The van der Waals surface area contributed by atoms with Crippen LogP contribution in [0.5, 0.6) is 0 Å². The molecule has 1 atom stereocenters. The van der Waals surface area contributed by atoms with Gasteiger partial charge in [0.25, 0.3) is 5.91 Å². The molecule has 3 rings (SSSR count). The first-order chi connectivity index (χ1) is 10.6. The van der Waals surface area contributed by atoms with E-state index in [1.165, 1.54) is 11.1 Å². The van der Waals surface area contributed by atoms with E-state index in [4.69, 9.17) is 0 Å². The van der Waals surface area contributed by atoms with Crippen LogP contribution in [0, 0.1) is 0 Å². The molecular weight excluding hydrogens is 276 g/mol. The highest BCUT2D eigenvalue weighted by molar-refractivity contribution is 5.94. The molecule has 0 aliphatic carbocycles. The van der Waals surface area contributed by atoms with Crippen LogP contribution in [0.1, 0.15) is 40.4 Å². The summed E-state index contributed by atoms with van der Waals surface area (Å²) in [5.74, 6) is 0.0635. The summed E-state index contributed by atoms with van der Waals surface area (Å²) in [6, 6.07) is 8.81. The van der Waals surface area contributed by atoms with Gasteiger partial charge in [0.15, 0.2) is 0 Å². The predicted molar refractivity (Wildman–Crippen MR) is 85.4 cm³/mol. The molecule has 1 fully saturated rings. The molecule has 116 valence electrons. The number of rotatable bonds is 4. The van der Waals surface area contributed by atoms with Gasteiger partial charge in [-0.2, -0.15) is 5.10 Å². The molecule has 1 unspecified atom stereocenters. The Morgan fingerprint density at radius 3 is 2.77 bits per heavy atom. The van der Waals surface area contributed by atoms with E-state index in [-0.39, 0.29) is 11.9 Å². The molecular formula is C17H22N4O. The topological polar surface area (TPSA) is 52.2 Å². The van der Waals surface area contributed by atoms with Crippen molar-refractivity contribution >= 4 is 5.91 Å². The smallest absolute Gasteiger partial charge is 0.257 e. The standard InChI is InChI=1S/C17H22N4O/c1-20(2)12-13-5-7-14(8-6-13)16-4-3-9-21(16)17(22)15-10-18-19-11-15/h5-8,10-11,16H,3-4,9,12H2,1-2H3,(H,18,19). The first kappa shape index (κ1) is 14.8. The van der Waals surface area contributed by atoms with E-state index >= 15 is 0 Å². The molecule has 1 aromatic carbocycles. The van der Waals surface area contributed by atoms with E-state index in [9.17, 15) is 4.79 Å². The summed E-state index contributed by atoms with van der Waals surface area (Å²) in [5, 5.41) is 6.59. The lowest BCUT2D eigenvalue weighted by Crippen LogP contribution is -2.30. The minimum Gasteiger partial charge on any atom is -0.332 e. The third-order valence-corrected chi connectivity index (χ3v) is 4.12. The second-order valence-electron chi connectivity index (χ2n) is 6.12. The van der Waals surface area contributed by atoms with E-state index in [1.54, 1.807) is 12.4 Å². The highest BCUT2D eigenvalue weighted by Crippen LogP contribution is 2.33. The van der Waals surface area contributed by atoms with Gasteiger partial charge in [-0.05, 0) is 38.1 Å². The fourth-order valence-electron chi connectivity index (χ4n) is 3.10. The van der Waals surface area contributed by atoms with Gasteiger partial charge in [-0.25, -0.2) is 0 Å². The maximum atomic E-state index is 12.6. The van der Waals surface area contributed by atoms with Crippen LogP contribution in [0.25, 0.3) is 0 Å². The molecule has 1 amide bonds. The first-order valence-corrected chi connectivity index (χ1v) is 7.68. The molecule has 0 bridgehead atoms. The summed E-state index contributed by atoms with van der Waals surface area (Å²) in [7, 11) is 4.13. The predicted octanol–water partition coefficient (Wildman–Crippen LogP) is 2.45. The molecule has 0 spiro atoms. The number of aromatic amines is 1. The maximum Gasteiger partial charge on any atom is 0.257 e. The number of H-pyrrole nitrogens is 1. The first-order valence-electron chi connectivity index (χ1n) is 7.68. The van der Waals surface area contributed by atoms with Crippen LogP contribution in [0.3, 0.4) is 0 Å². The summed E-state index contributed by atoms with van der Waals surface area (Å²) >= 11 is 0. The normalized spacial score (nSPS) is 18.1. The quantitative estimate of drug-likeness (QED) is 0.943. The maximum absolute atomic E-state index is 12.6. The number of hydrogen-bond donors (Lipinski definition) is 1. The van der Waals surface area contributed by atoms with Gasteiger partial charge in [-0.1, -0.05) is 24.3 Å². The largest absolute Gasteiger partial charge is 0.332 e. The van der Waals surface area contributed by atoms with E-state index < -0.39 is 0 Å². The van der Waals surface area contributed by atoms with Crippen molar-refractivity contribution in [2.75, 3.05) is 20.6 Å². The molecule has 1 aliphatic rings. The monoisotopic (exact) mass is 298 g/mol. The zero-order valence-corrected chi connectivity index (χ0v) is 13.1. The Balaban J connectivity index is 1.77. The van der Waals surface area contributed by atoms with E-state index in [0.717, 1.165) is 25.9 Å². The number of hydrogen-bond acceptors (Lipinski definition) is 3. The van der Waals surface area contributed by atoms with E-state index in [1.807, 2.05) is 4.90 Å². The Morgan fingerprint density at radius 2 is 2.14 bits per heavy atom. The molecule has 2 aromatic rings. The average molecular weight is 298 g/mol. The van der Waals surface area contributed by atoms with Crippen LogP contribution in [-0.4, -0.2) is 46.5 Å². The summed E-state index contributed by atoms with van der Waals surface area (Å²) < 4.78 is 0. The minimum atomic E-state index is 0.0635. The number of carbonyl (C=O) groups is 1. The van der Waals surface area contributed by atoms with Crippen molar-refractivity contribution in [1.82, 2.24) is 20.0 Å². The van der Waals surface area contributed by atoms with Crippen LogP contribution in [0.2, 0.25) is 0 Å². The van der Waals surface area contributed by atoms with Crippen molar-refractivity contribution in [1.29, 1.82) is 0 Å².